The third kappa shape index (κ3) is 2.69. The molecule has 0 spiro atoms. The van der Waals surface area contributed by atoms with Crippen LogP contribution >= 0.6 is 0 Å². The van der Waals surface area contributed by atoms with Crippen molar-refractivity contribution in [3.05, 3.63) is 0 Å². The summed E-state index contributed by atoms with van der Waals surface area (Å²) in [5, 5.41) is 2.71. The van der Waals surface area contributed by atoms with Gasteiger partial charge in [-0.3, -0.25) is 14.6 Å². The largest absolute Gasteiger partial charge is 0.357 e. The van der Waals surface area contributed by atoms with Crippen LogP contribution in [0.4, 0.5) is 0 Å². The first-order chi connectivity index (χ1) is 6.90. The SMILES string of the molecule is O=CNCCN1CCN(C2CC2)CC1. The van der Waals surface area contributed by atoms with E-state index in [0.29, 0.717) is 0 Å². The summed E-state index contributed by atoms with van der Waals surface area (Å²) in [6.07, 6.45) is 3.60. The lowest BCUT2D eigenvalue weighted by atomic mass is 10.3. The van der Waals surface area contributed by atoms with Gasteiger partial charge in [-0.25, -0.2) is 0 Å². The predicted octanol–water partition coefficient (Wildman–Crippen LogP) is -0.488. The van der Waals surface area contributed by atoms with Crippen LogP contribution in [0.1, 0.15) is 12.8 Å². The quantitative estimate of drug-likeness (QED) is 0.477. The molecule has 1 heterocycles. The average molecular weight is 197 g/mol. The van der Waals surface area contributed by atoms with Crippen LogP contribution in [-0.2, 0) is 4.79 Å². The normalized spacial score (nSPS) is 24.9. The van der Waals surface area contributed by atoms with E-state index >= 15 is 0 Å². The molecule has 0 atom stereocenters. The molecule has 14 heavy (non-hydrogen) atoms. The second-order valence-electron chi connectivity index (χ2n) is 4.18. The minimum atomic E-state index is 0.778. The van der Waals surface area contributed by atoms with Crippen molar-refractivity contribution >= 4 is 6.41 Å². The summed E-state index contributed by atoms with van der Waals surface area (Å²) < 4.78 is 0. The van der Waals surface area contributed by atoms with Crippen molar-refractivity contribution in [2.75, 3.05) is 39.3 Å². The van der Waals surface area contributed by atoms with E-state index in [1.807, 2.05) is 0 Å². The summed E-state index contributed by atoms with van der Waals surface area (Å²) in [4.78, 5) is 15.1. The first-order valence-electron chi connectivity index (χ1n) is 5.53. The van der Waals surface area contributed by atoms with Crippen LogP contribution in [0.2, 0.25) is 0 Å². The summed E-state index contributed by atoms with van der Waals surface area (Å²) in [7, 11) is 0. The van der Waals surface area contributed by atoms with Gasteiger partial charge < -0.3 is 5.32 Å². The highest BCUT2D eigenvalue weighted by Crippen LogP contribution is 2.27. The maximum atomic E-state index is 10.1. The van der Waals surface area contributed by atoms with Crippen molar-refractivity contribution in [3.8, 4) is 0 Å². The van der Waals surface area contributed by atoms with Crippen LogP contribution in [0.5, 0.6) is 0 Å². The predicted molar refractivity (Wildman–Crippen MR) is 55.1 cm³/mol. The summed E-state index contributed by atoms with van der Waals surface area (Å²) in [6.45, 7) is 6.54. The smallest absolute Gasteiger partial charge is 0.207 e. The molecule has 1 saturated heterocycles. The van der Waals surface area contributed by atoms with Crippen LogP contribution in [0.25, 0.3) is 0 Å². The topological polar surface area (TPSA) is 35.6 Å². The minimum absolute atomic E-state index is 0.778. The molecular weight excluding hydrogens is 178 g/mol. The van der Waals surface area contributed by atoms with Crippen molar-refractivity contribution in [1.82, 2.24) is 15.1 Å². The number of piperazine rings is 1. The van der Waals surface area contributed by atoms with E-state index in [1.165, 1.54) is 25.9 Å². The minimum Gasteiger partial charge on any atom is -0.357 e. The van der Waals surface area contributed by atoms with Crippen LogP contribution in [0.15, 0.2) is 0 Å². The lowest BCUT2D eigenvalue weighted by Gasteiger charge is -2.34. The molecule has 1 N–H and O–H groups in total. The molecule has 4 heteroatoms. The summed E-state index contributed by atoms with van der Waals surface area (Å²) in [5.74, 6) is 0. The van der Waals surface area contributed by atoms with Crippen LogP contribution in [0.3, 0.4) is 0 Å². The van der Waals surface area contributed by atoms with Gasteiger partial charge in [0.25, 0.3) is 0 Å². The second-order valence-corrected chi connectivity index (χ2v) is 4.18. The van der Waals surface area contributed by atoms with Gasteiger partial charge in [0.1, 0.15) is 0 Å². The van der Waals surface area contributed by atoms with Gasteiger partial charge >= 0.3 is 0 Å². The molecule has 0 unspecified atom stereocenters. The molecule has 2 rings (SSSR count). The van der Waals surface area contributed by atoms with Gasteiger partial charge in [-0.2, -0.15) is 0 Å². The van der Waals surface area contributed by atoms with E-state index in [0.717, 1.165) is 38.6 Å². The van der Waals surface area contributed by atoms with Crippen molar-refractivity contribution in [3.63, 3.8) is 0 Å². The van der Waals surface area contributed by atoms with E-state index < -0.39 is 0 Å². The zero-order chi connectivity index (χ0) is 9.80. The Morgan fingerprint density at radius 1 is 1.21 bits per heavy atom. The molecule has 4 nitrogen and oxygen atoms in total. The van der Waals surface area contributed by atoms with Gasteiger partial charge in [-0.05, 0) is 12.8 Å². The van der Waals surface area contributed by atoms with E-state index in [2.05, 4.69) is 15.1 Å². The maximum absolute atomic E-state index is 10.1. The Hall–Kier alpha value is -0.610. The highest BCUT2D eigenvalue weighted by Gasteiger charge is 2.30. The molecule has 0 radical (unpaired) electrons. The van der Waals surface area contributed by atoms with Crippen molar-refractivity contribution in [2.45, 2.75) is 18.9 Å². The van der Waals surface area contributed by atoms with Gasteiger partial charge in [-0.15, -0.1) is 0 Å². The Bertz CT molecular complexity index is 186. The van der Waals surface area contributed by atoms with Gasteiger partial charge in [0.2, 0.25) is 6.41 Å². The van der Waals surface area contributed by atoms with Crippen molar-refractivity contribution in [2.24, 2.45) is 0 Å². The second kappa shape index (κ2) is 4.75. The lowest BCUT2D eigenvalue weighted by molar-refractivity contribution is -0.109. The van der Waals surface area contributed by atoms with E-state index in [1.54, 1.807) is 0 Å². The van der Waals surface area contributed by atoms with Gasteiger partial charge in [0, 0.05) is 45.3 Å². The maximum Gasteiger partial charge on any atom is 0.207 e. The fraction of sp³-hybridized carbons (Fsp3) is 0.900. The first-order valence-corrected chi connectivity index (χ1v) is 5.53. The molecule has 1 saturated carbocycles. The van der Waals surface area contributed by atoms with Gasteiger partial charge in [-0.1, -0.05) is 0 Å². The summed E-state index contributed by atoms with van der Waals surface area (Å²) in [6, 6.07) is 0.908. The number of carbonyl (C=O) groups excluding carboxylic acids is 1. The van der Waals surface area contributed by atoms with Crippen LogP contribution in [0, 0.1) is 0 Å². The van der Waals surface area contributed by atoms with Crippen molar-refractivity contribution in [1.29, 1.82) is 0 Å². The highest BCUT2D eigenvalue weighted by atomic mass is 16.1. The van der Waals surface area contributed by atoms with E-state index in [9.17, 15) is 4.79 Å². The molecule has 0 bridgehead atoms. The van der Waals surface area contributed by atoms with Gasteiger partial charge in [0.15, 0.2) is 0 Å². The number of amides is 1. The number of hydrogen-bond donors (Lipinski definition) is 1. The lowest BCUT2D eigenvalue weighted by Crippen LogP contribution is -2.48. The Kier molecular flexibility index (Phi) is 3.37. The number of carbonyl (C=O) groups is 1. The highest BCUT2D eigenvalue weighted by molar-refractivity contribution is 5.45. The first kappa shape index (κ1) is 9.93. The average Bonchev–Trinajstić information content (AvgIpc) is 3.03. The standard InChI is InChI=1S/C10H19N3O/c14-9-11-3-4-12-5-7-13(8-6-12)10-1-2-10/h9-10H,1-8H2,(H,11,14). The van der Waals surface area contributed by atoms with E-state index in [-0.39, 0.29) is 0 Å². The molecule has 80 valence electrons. The molecule has 0 aromatic rings. The number of nitrogens with zero attached hydrogens (tertiary/aromatic N) is 2. The fourth-order valence-electron chi connectivity index (χ4n) is 2.07. The molecule has 1 aliphatic carbocycles. The summed E-state index contributed by atoms with van der Waals surface area (Å²) >= 11 is 0. The van der Waals surface area contributed by atoms with E-state index in [4.69, 9.17) is 0 Å². The number of rotatable bonds is 5. The molecule has 1 aliphatic heterocycles. The van der Waals surface area contributed by atoms with Gasteiger partial charge in [0.05, 0.1) is 0 Å². The van der Waals surface area contributed by atoms with Crippen molar-refractivity contribution < 1.29 is 4.79 Å². The monoisotopic (exact) mass is 197 g/mol. The number of nitrogens with one attached hydrogen (secondary N) is 1. The van der Waals surface area contributed by atoms with Crippen LogP contribution in [-0.4, -0.2) is 61.5 Å². The molecule has 0 aromatic heterocycles. The molecule has 0 aromatic carbocycles. The zero-order valence-corrected chi connectivity index (χ0v) is 8.61. The Morgan fingerprint density at radius 2 is 1.93 bits per heavy atom. The number of hydrogen-bond acceptors (Lipinski definition) is 3. The molecule has 1 amide bonds. The molecule has 2 fully saturated rings. The third-order valence-electron chi connectivity index (χ3n) is 3.13. The third-order valence-corrected chi connectivity index (χ3v) is 3.13. The Morgan fingerprint density at radius 3 is 2.50 bits per heavy atom. The Labute approximate surface area is 85.2 Å². The Balaban J connectivity index is 1.60. The molecular formula is C10H19N3O. The summed E-state index contributed by atoms with van der Waals surface area (Å²) in [5.41, 5.74) is 0. The fourth-order valence-corrected chi connectivity index (χ4v) is 2.07. The van der Waals surface area contributed by atoms with Crippen LogP contribution < -0.4 is 5.32 Å². The zero-order valence-electron chi connectivity index (χ0n) is 8.61. The molecule has 2 aliphatic rings.